The second-order valence-electron chi connectivity index (χ2n) is 7.27. The van der Waals surface area contributed by atoms with E-state index in [1.807, 2.05) is 61.5 Å². The Bertz CT molecular complexity index is 1110. The smallest absolute Gasteiger partial charge is 0.258 e. The highest BCUT2D eigenvalue weighted by molar-refractivity contribution is 7.89. The summed E-state index contributed by atoms with van der Waals surface area (Å²) in [6.07, 6.45) is 0. The van der Waals surface area contributed by atoms with Gasteiger partial charge in [-0.3, -0.25) is 4.79 Å². The van der Waals surface area contributed by atoms with Crippen molar-refractivity contribution in [3.63, 3.8) is 0 Å². The van der Waals surface area contributed by atoms with Gasteiger partial charge in [0.2, 0.25) is 10.0 Å². The van der Waals surface area contributed by atoms with E-state index >= 15 is 0 Å². The Morgan fingerprint density at radius 1 is 0.935 bits per heavy atom. The van der Waals surface area contributed by atoms with Gasteiger partial charge in [-0.1, -0.05) is 60.2 Å². The molecular formula is C24H26N2O4S. The quantitative estimate of drug-likeness (QED) is 0.555. The van der Waals surface area contributed by atoms with Gasteiger partial charge in [0.15, 0.2) is 6.61 Å². The van der Waals surface area contributed by atoms with Crippen molar-refractivity contribution in [3.8, 4) is 5.75 Å². The number of benzene rings is 3. The molecule has 3 aromatic rings. The molecule has 0 saturated carbocycles. The maximum atomic E-state index is 12.8. The number of amides is 1. The van der Waals surface area contributed by atoms with Gasteiger partial charge < -0.3 is 10.1 Å². The van der Waals surface area contributed by atoms with Crippen LogP contribution >= 0.6 is 0 Å². The summed E-state index contributed by atoms with van der Waals surface area (Å²) >= 11 is 0. The Balaban J connectivity index is 1.52. The number of hydrogen-bond donors (Lipinski definition) is 1. The van der Waals surface area contributed by atoms with Gasteiger partial charge >= 0.3 is 0 Å². The highest BCUT2D eigenvalue weighted by atomic mass is 32.2. The lowest BCUT2D eigenvalue weighted by molar-refractivity contribution is -0.123. The zero-order valence-electron chi connectivity index (χ0n) is 17.6. The molecule has 31 heavy (non-hydrogen) atoms. The molecule has 6 nitrogen and oxygen atoms in total. The monoisotopic (exact) mass is 438 g/mol. The minimum atomic E-state index is -3.63. The molecule has 0 fully saturated rings. The van der Waals surface area contributed by atoms with Crippen LogP contribution < -0.4 is 10.1 Å². The fourth-order valence-electron chi connectivity index (χ4n) is 3.04. The van der Waals surface area contributed by atoms with E-state index in [-0.39, 0.29) is 24.0 Å². The van der Waals surface area contributed by atoms with Crippen molar-refractivity contribution >= 4 is 15.9 Å². The lowest BCUT2D eigenvalue weighted by atomic mass is 10.1. The zero-order chi connectivity index (χ0) is 22.3. The molecule has 0 unspecified atom stereocenters. The predicted molar refractivity (Wildman–Crippen MR) is 120 cm³/mol. The summed E-state index contributed by atoms with van der Waals surface area (Å²) in [6.45, 7) is 2.56. The molecule has 3 rings (SSSR count). The molecule has 3 aromatic carbocycles. The predicted octanol–water partition coefficient (Wildman–Crippen LogP) is 3.51. The van der Waals surface area contributed by atoms with E-state index in [0.29, 0.717) is 12.3 Å². The van der Waals surface area contributed by atoms with Crippen LogP contribution in [0.5, 0.6) is 5.75 Å². The van der Waals surface area contributed by atoms with Crippen LogP contribution in [-0.2, 0) is 27.9 Å². The molecule has 0 aromatic heterocycles. The third-order valence-corrected chi connectivity index (χ3v) is 6.54. The minimum Gasteiger partial charge on any atom is -0.484 e. The number of nitrogens with one attached hydrogen (secondary N) is 1. The second-order valence-corrected chi connectivity index (χ2v) is 9.32. The Morgan fingerprint density at radius 3 is 2.29 bits per heavy atom. The molecule has 0 saturated heterocycles. The molecule has 0 spiro atoms. The summed E-state index contributed by atoms with van der Waals surface area (Å²) in [7, 11) is -2.08. The Labute approximate surface area is 183 Å². The topological polar surface area (TPSA) is 75.7 Å². The third kappa shape index (κ3) is 6.41. The number of rotatable bonds is 9. The van der Waals surface area contributed by atoms with E-state index in [2.05, 4.69) is 5.32 Å². The fraction of sp³-hybridized carbons (Fsp3) is 0.208. The second kappa shape index (κ2) is 10.2. The molecule has 0 aliphatic rings. The molecule has 7 heteroatoms. The van der Waals surface area contributed by atoms with Crippen molar-refractivity contribution in [1.29, 1.82) is 0 Å². The van der Waals surface area contributed by atoms with Crippen molar-refractivity contribution in [2.24, 2.45) is 0 Å². The minimum absolute atomic E-state index is 0.147. The molecule has 0 aliphatic heterocycles. The molecule has 162 valence electrons. The van der Waals surface area contributed by atoms with Crippen molar-refractivity contribution in [2.75, 3.05) is 13.7 Å². The number of hydrogen-bond acceptors (Lipinski definition) is 4. The van der Waals surface area contributed by atoms with Gasteiger partial charge in [-0.25, -0.2) is 8.42 Å². The maximum Gasteiger partial charge on any atom is 0.258 e. The van der Waals surface area contributed by atoms with E-state index in [4.69, 9.17) is 4.74 Å². The largest absolute Gasteiger partial charge is 0.484 e. The van der Waals surface area contributed by atoms with E-state index in [9.17, 15) is 13.2 Å². The van der Waals surface area contributed by atoms with Gasteiger partial charge in [0.05, 0.1) is 4.90 Å². The van der Waals surface area contributed by atoms with Gasteiger partial charge in [0.1, 0.15) is 5.75 Å². The van der Waals surface area contributed by atoms with Crippen molar-refractivity contribution in [1.82, 2.24) is 9.62 Å². The van der Waals surface area contributed by atoms with Crippen LogP contribution in [0, 0.1) is 6.92 Å². The summed E-state index contributed by atoms with van der Waals surface area (Å²) in [5, 5.41) is 2.80. The van der Waals surface area contributed by atoms with Crippen LogP contribution in [0.15, 0.2) is 83.8 Å². The van der Waals surface area contributed by atoms with Gasteiger partial charge in [-0.15, -0.1) is 0 Å². The molecule has 0 atom stereocenters. The first-order chi connectivity index (χ1) is 14.8. The first-order valence-electron chi connectivity index (χ1n) is 9.90. The average molecular weight is 439 g/mol. The van der Waals surface area contributed by atoms with E-state index < -0.39 is 10.0 Å². The molecule has 0 radical (unpaired) electrons. The summed E-state index contributed by atoms with van der Waals surface area (Å²) in [5.74, 6) is 0.177. The molecule has 0 heterocycles. The number of aryl methyl sites for hydroxylation is 1. The van der Waals surface area contributed by atoms with Crippen LogP contribution in [-0.4, -0.2) is 32.3 Å². The van der Waals surface area contributed by atoms with Gasteiger partial charge in [-0.2, -0.15) is 4.31 Å². The summed E-state index contributed by atoms with van der Waals surface area (Å²) in [4.78, 5) is 12.2. The summed E-state index contributed by atoms with van der Waals surface area (Å²) in [5.41, 5.74) is 3.06. The zero-order valence-corrected chi connectivity index (χ0v) is 18.4. The van der Waals surface area contributed by atoms with Crippen molar-refractivity contribution in [2.45, 2.75) is 24.9 Å². The van der Waals surface area contributed by atoms with Gasteiger partial charge in [-0.05, 0) is 42.3 Å². The van der Waals surface area contributed by atoms with Gasteiger partial charge in [0.25, 0.3) is 5.91 Å². The van der Waals surface area contributed by atoms with Crippen LogP contribution in [0.3, 0.4) is 0 Å². The Kier molecular flexibility index (Phi) is 7.44. The number of carbonyl (C=O) groups is 1. The van der Waals surface area contributed by atoms with Crippen LogP contribution in [0.4, 0.5) is 0 Å². The number of ether oxygens (including phenoxy) is 1. The molecule has 1 amide bonds. The summed E-state index contributed by atoms with van der Waals surface area (Å²) < 4.78 is 32.3. The first kappa shape index (κ1) is 22.5. The van der Waals surface area contributed by atoms with E-state index in [1.54, 1.807) is 19.2 Å². The molecule has 1 N–H and O–H groups in total. The maximum absolute atomic E-state index is 12.8. The van der Waals surface area contributed by atoms with Crippen molar-refractivity contribution in [3.05, 3.63) is 95.6 Å². The molecule has 0 bridgehead atoms. The van der Waals surface area contributed by atoms with Gasteiger partial charge in [0, 0.05) is 20.1 Å². The molecule has 0 aliphatic carbocycles. The first-order valence-corrected chi connectivity index (χ1v) is 11.3. The number of sulfonamides is 1. The Hall–Kier alpha value is -3.16. The normalized spacial score (nSPS) is 11.3. The highest BCUT2D eigenvalue weighted by Gasteiger charge is 2.21. The van der Waals surface area contributed by atoms with Crippen LogP contribution in [0.1, 0.15) is 16.7 Å². The average Bonchev–Trinajstić information content (AvgIpc) is 2.77. The highest BCUT2D eigenvalue weighted by Crippen LogP contribution is 2.20. The SMILES string of the molecule is Cc1cccc(CNC(=O)COc2ccc(S(=O)(=O)N(C)Cc3ccccc3)cc2)c1. The Morgan fingerprint density at radius 2 is 1.61 bits per heavy atom. The third-order valence-electron chi connectivity index (χ3n) is 4.72. The lowest BCUT2D eigenvalue weighted by Gasteiger charge is -2.17. The number of carbonyl (C=O) groups excluding carboxylic acids is 1. The van der Waals surface area contributed by atoms with E-state index in [1.165, 1.54) is 16.4 Å². The van der Waals surface area contributed by atoms with Crippen LogP contribution in [0.2, 0.25) is 0 Å². The number of nitrogens with zero attached hydrogens (tertiary/aromatic N) is 1. The summed E-state index contributed by atoms with van der Waals surface area (Å²) in [6, 6.07) is 23.4. The van der Waals surface area contributed by atoms with Crippen molar-refractivity contribution < 1.29 is 17.9 Å². The van der Waals surface area contributed by atoms with E-state index in [0.717, 1.165) is 16.7 Å². The molecular weight excluding hydrogens is 412 g/mol. The fourth-order valence-corrected chi connectivity index (χ4v) is 4.19. The van der Waals surface area contributed by atoms with Crippen LogP contribution in [0.25, 0.3) is 0 Å². The standard InChI is InChI=1S/C24H26N2O4S/c1-19-7-6-10-21(15-19)16-25-24(27)18-30-22-11-13-23(14-12-22)31(28,29)26(2)17-20-8-4-3-5-9-20/h3-15H,16-18H2,1-2H3,(H,25,27). The lowest BCUT2D eigenvalue weighted by Crippen LogP contribution is -2.28.